The number of carbonyl (C=O) groups is 3. The summed E-state index contributed by atoms with van der Waals surface area (Å²) in [5, 5.41) is 5.58. The van der Waals surface area contributed by atoms with Crippen LogP contribution in [-0.2, 0) is 4.74 Å². The van der Waals surface area contributed by atoms with E-state index in [4.69, 9.17) is 4.74 Å². The zero-order chi connectivity index (χ0) is 20.4. The van der Waals surface area contributed by atoms with Crippen LogP contribution in [-0.4, -0.2) is 37.7 Å². The molecule has 0 saturated heterocycles. The largest absolute Gasteiger partial charge is 0.513 e. The number of carbonyl (C=O) groups excluding carboxylic acids is 3. The fourth-order valence-corrected chi connectivity index (χ4v) is 2.72. The van der Waals surface area contributed by atoms with Crippen molar-refractivity contribution in [1.82, 2.24) is 10.6 Å². The first-order chi connectivity index (χ1) is 13.5. The molecule has 0 aliphatic heterocycles. The first kappa shape index (κ1) is 21.4. The third kappa shape index (κ3) is 6.70. The molecule has 0 aliphatic carbocycles. The van der Waals surface area contributed by atoms with Crippen molar-refractivity contribution >= 4 is 33.9 Å². The maximum absolute atomic E-state index is 12.1. The number of benzene rings is 2. The van der Waals surface area contributed by atoms with Gasteiger partial charge in [0.25, 0.3) is 11.8 Å². The maximum Gasteiger partial charge on any atom is 0.513 e. The highest BCUT2D eigenvalue weighted by molar-refractivity contribution is 9.10. The van der Waals surface area contributed by atoms with Gasteiger partial charge in [-0.2, -0.15) is 0 Å². The van der Waals surface area contributed by atoms with E-state index in [-0.39, 0.29) is 18.4 Å². The first-order valence-corrected chi connectivity index (χ1v) is 9.56. The molecular weight excluding hydrogens is 428 g/mol. The smallest absolute Gasteiger partial charge is 0.434 e. The highest BCUT2D eigenvalue weighted by atomic mass is 79.9. The highest BCUT2D eigenvalue weighted by Gasteiger charge is 2.09. The number of hydrogen-bond donors (Lipinski definition) is 2. The summed E-state index contributed by atoms with van der Waals surface area (Å²) in [4.78, 5) is 35.4. The molecule has 0 bridgehead atoms. The van der Waals surface area contributed by atoms with Gasteiger partial charge >= 0.3 is 6.16 Å². The molecule has 0 unspecified atom stereocenters. The Morgan fingerprint density at radius 3 is 2.21 bits per heavy atom. The Balaban J connectivity index is 1.70. The molecule has 2 aromatic rings. The van der Waals surface area contributed by atoms with Gasteiger partial charge in [-0.3, -0.25) is 9.59 Å². The molecule has 28 heavy (non-hydrogen) atoms. The number of halogens is 1. The molecule has 0 saturated carbocycles. The zero-order valence-electron chi connectivity index (χ0n) is 15.4. The van der Waals surface area contributed by atoms with Crippen LogP contribution >= 0.6 is 15.9 Å². The summed E-state index contributed by atoms with van der Waals surface area (Å²) in [6.07, 6.45) is -0.198. The van der Waals surface area contributed by atoms with Gasteiger partial charge in [0.15, 0.2) is 0 Å². The van der Waals surface area contributed by atoms with E-state index in [1.807, 2.05) is 6.07 Å². The minimum absolute atomic E-state index is 0.170. The average molecular weight is 449 g/mol. The van der Waals surface area contributed by atoms with E-state index in [9.17, 15) is 14.4 Å². The Morgan fingerprint density at radius 2 is 1.57 bits per heavy atom. The van der Waals surface area contributed by atoms with Crippen molar-refractivity contribution in [1.29, 1.82) is 0 Å². The van der Waals surface area contributed by atoms with E-state index in [2.05, 4.69) is 31.3 Å². The second-order valence-electron chi connectivity index (χ2n) is 5.65. The van der Waals surface area contributed by atoms with E-state index < -0.39 is 6.16 Å². The SMILES string of the molecule is CCOC(=O)Oc1ccc(C(=O)NCCCNC(=O)c2ccccc2Br)cc1. The van der Waals surface area contributed by atoms with Gasteiger partial charge in [-0.05, 0) is 65.7 Å². The van der Waals surface area contributed by atoms with Crippen LogP contribution in [0, 0.1) is 0 Å². The number of amides is 2. The monoisotopic (exact) mass is 448 g/mol. The second-order valence-corrected chi connectivity index (χ2v) is 6.51. The summed E-state index contributed by atoms with van der Waals surface area (Å²) in [5.41, 5.74) is 1.00. The molecule has 148 valence electrons. The van der Waals surface area contributed by atoms with Crippen LogP contribution < -0.4 is 15.4 Å². The quantitative estimate of drug-likeness (QED) is 0.365. The summed E-state index contributed by atoms with van der Waals surface area (Å²) in [5.74, 6) is -0.124. The topological polar surface area (TPSA) is 93.7 Å². The van der Waals surface area contributed by atoms with Gasteiger partial charge in [0.05, 0.1) is 12.2 Å². The van der Waals surface area contributed by atoms with Crippen molar-refractivity contribution in [3.05, 3.63) is 64.1 Å². The van der Waals surface area contributed by atoms with Crippen molar-refractivity contribution in [3.8, 4) is 5.75 Å². The van der Waals surface area contributed by atoms with Crippen molar-refractivity contribution < 1.29 is 23.9 Å². The highest BCUT2D eigenvalue weighted by Crippen LogP contribution is 2.15. The summed E-state index contributed by atoms with van der Waals surface area (Å²) in [6, 6.07) is 13.3. The molecule has 2 aromatic carbocycles. The van der Waals surface area contributed by atoms with Crippen molar-refractivity contribution in [2.45, 2.75) is 13.3 Å². The predicted octanol–water partition coefficient (Wildman–Crippen LogP) is 3.53. The summed E-state index contributed by atoms with van der Waals surface area (Å²) < 4.78 is 10.3. The van der Waals surface area contributed by atoms with Gasteiger partial charge in [0.1, 0.15) is 5.75 Å². The lowest BCUT2D eigenvalue weighted by Gasteiger charge is -2.08. The van der Waals surface area contributed by atoms with Gasteiger partial charge in [-0.1, -0.05) is 12.1 Å². The third-order valence-electron chi connectivity index (χ3n) is 3.62. The number of ether oxygens (including phenoxy) is 2. The van der Waals surface area contributed by atoms with Crippen LogP contribution in [0.3, 0.4) is 0 Å². The van der Waals surface area contributed by atoms with E-state index in [1.165, 1.54) is 12.1 Å². The van der Waals surface area contributed by atoms with Crippen LogP contribution in [0.25, 0.3) is 0 Å². The molecule has 0 aromatic heterocycles. The molecule has 0 aliphatic rings. The zero-order valence-corrected chi connectivity index (χ0v) is 17.0. The Hall–Kier alpha value is -2.87. The van der Waals surface area contributed by atoms with Crippen LogP contribution in [0.2, 0.25) is 0 Å². The lowest BCUT2D eigenvalue weighted by atomic mass is 10.2. The third-order valence-corrected chi connectivity index (χ3v) is 4.31. The Bertz CT molecular complexity index is 824. The van der Waals surface area contributed by atoms with Crippen molar-refractivity contribution in [2.24, 2.45) is 0 Å². The second kappa shape index (κ2) is 11.1. The standard InChI is InChI=1S/C20H21BrN2O5/c1-2-27-20(26)28-15-10-8-14(9-11-15)18(24)22-12-5-13-23-19(25)16-6-3-4-7-17(16)21/h3-4,6-11H,2,5,12-13H2,1H3,(H,22,24)(H,23,25). The molecule has 0 radical (unpaired) electrons. The summed E-state index contributed by atoms with van der Waals surface area (Å²) in [6.45, 7) is 2.76. The molecule has 7 nitrogen and oxygen atoms in total. The fourth-order valence-electron chi connectivity index (χ4n) is 2.25. The van der Waals surface area contributed by atoms with Crippen LogP contribution in [0.5, 0.6) is 5.75 Å². The predicted molar refractivity (Wildman–Crippen MR) is 108 cm³/mol. The van der Waals surface area contributed by atoms with E-state index >= 15 is 0 Å². The minimum Gasteiger partial charge on any atom is -0.434 e. The van der Waals surface area contributed by atoms with Crippen LogP contribution in [0.1, 0.15) is 34.1 Å². The van der Waals surface area contributed by atoms with Gasteiger partial charge in [-0.15, -0.1) is 0 Å². The average Bonchev–Trinajstić information content (AvgIpc) is 2.68. The molecule has 0 fully saturated rings. The molecule has 0 spiro atoms. The maximum atomic E-state index is 12.1. The molecule has 0 heterocycles. The van der Waals surface area contributed by atoms with E-state index in [1.54, 1.807) is 37.3 Å². The summed E-state index contributed by atoms with van der Waals surface area (Å²) >= 11 is 3.34. The molecule has 2 amide bonds. The number of rotatable bonds is 8. The molecule has 2 N–H and O–H groups in total. The summed E-state index contributed by atoms with van der Waals surface area (Å²) in [7, 11) is 0. The Kier molecular flexibility index (Phi) is 8.48. The van der Waals surface area contributed by atoms with Crippen molar-refractivity contribution in [2.75, 3.05) is 19.7 Å². The van der Waals surface area contributed by atoms with Gasteiger partial charge < -0.3 is 20.1 Å². The van der Waals surface area contributed by atoms with E-state index in [0.717, 1.165) is 4.47 Å². The molecular formula is C20H21BrN2O5. The van der Waals surface area contributed by atoms with Crippen LogP contribution in [0.4, 0.5) is 4.79 Å². The Morgan fingerprint density at radius 1 is 0.929 bits per heavy atom. The lowest BCUT2D eigenvalue weighted by Crippen LogP contribution is -2.30. The number of hydrogen-bond acceptors (Lipinski definition) is 5. The van der Waals surface area contributed by atoms with Gasteiger partial charge in [0, 0.05) is 23.1 Å². The normalized spacial score (nSPS) is 10.1. The number of nitrogens with one attached hydrogen (secondary N) is 2. The van der Waals surface area contributed by atoms with Gasteiger partial charge in [0.2, 0.25) is 0 Å². The van der Waals surface area contributed by atoms with Crippen LogP contribution in [0.15, 0.2) is 53.0 Å². The van der Waals surface area contributed by atoms with Gasteiger partial charge in [-0.25, -0.2) is 4.79 Å². The first-order valence-electron chi connectivity index (χ1n) is 8.77. The minimum atomic E-state index is -0.788. The molecule has 2 rings (SSSR count). The van der Waals surface area contributed by atoms with Crippen molar-refractivity contribution in [3.63, 3.8) is 0 Å². The molecule has 0 atom stereocenters. The Labute approximate surface area is 171 Å². The fraction of sp³-hybridized carbons (Fsp3) is 0.250. The lowest BCUT2D eigenvalue weighted by molar-refractivity contribution is 0.0950. The molecule has 8 heteroatoms. The van der Waals surface area contributed by atoms with E-state index in [0.29, 0.717) is 36.4 Å².